The molecule has 0 aliphatic carbocycles. The molecule has 2 rings (SSSR count). The Morgan fingerprint density at radius 2 is 1.82 bits per heavy atom. The van der Waals surface area contributed by atoms with Gasteiger partial charge in [-0.3, -0.25) is 4.79 Å². The monoisotopic (exact) mass is 302 g/mol. The number of hydrogen-bond acceptors (Lipinski definition) is 3. The number of aromatic nitrogens is 1. The number of ether oxygens (including phenoxy) is 1. The van der Waals surface area contributed by atoms with Gasteiger partial charge in [0.05, 0.1) is 0 Å². The number of amides is 1. The van der Waals surface area contributed by atoms with Crippen LogP contribution in [0.3, 0.4) is 0 Å². The first-order valence-corrected chi connectivity index (χ1v) is 6.75. The number of hydrogen-bond donors (Lipinski definition) is 1. The number of carboxylic acids is 1. The van der Waals surface area contributed by atoms with Gasteiger partial charge in [-0.15, -0.1) is 0 Å². The normalized spacial score (nSPS) is 10.3. The van der Waals surface area contributed by atoms with Gasteiger partial charge in [-0.1, -0.05) is 0 Å². The van der Waals surface area contributed by atoms with Crippen molar-refractivity contribution in [2.75, 3.05) is 18.6 Å². The van der Waals surface area contributed by atoms with E-state index in [4.69, 9.17) is 9.84 Å². The smallest absolute Gasteiger partial charge is 0.341 e. The molecule has 0 spiro atoms. The van der Waals surface area contributed by atoms with E-state index in [1.165, 1.54) is 4.90 Å². The summed E-state index contributed by atoms with van der Waals surface area (Å²) in [4.78, 5) is 24.5. The molecular formula is C16H18N2O4. The van der Waals surface area contributed by atoms with Crippen LogP contribution in [0.1, 0.15) is 16.2 Å². The summed E-state index contributed by atoms with van der Waals surface area (Å²) < 4.78 is 6.90. The van der Waals surface area contributed by atoms with Gasteiger partial charge in [0.15, 0.2) is 6.61 Å². The number of rotatable bonds is 5. The van der Waals surface area contributed by atoms with Crippen molar-refractivity contribution in [1.29, 1.82) is 0 Å². The van der Waals surface area contributed by atoms with E-state index in [9.17, 15) is 9.59 Å². The third-order valence-corrected chi connectivity index (χ3v) is 3.48. The largest absolute Gasteiger partial charge is 0.482 e. The molecule has 1 aromatic carbocycles. The number of carbonyl (C=O) groups excluding carboxylic acids is 1. The molecule has 2 aromatic rings. The molecule has 0 fully saturated rings. The third-order valence-electron chi connectivity index (χ3n) is 3.48. The molecule has 1 aromatic heterocycles. The predicted molar refractivity (Wildman–Crippen MR) is 82.5 cm³/mol. The SMILES string of the molecule is Cc1ccc(C(=O)N(C)c2ccc(OCC(=O)O)cc2)n1C. The second-order valence-electron chi connectivity index (χ2n) is 4.96. The average Bonchev–Trinajstić information content (AvgIpc) is 2.84. The number of benzene rings is 1. The molecule has 1 amide bonds. The fourth-order valence-electron chi connectivity index (χ4n) is 2.03. The molecule has 6 nitrogen and oxygen atoms in total. The molecule has 1 N–H and O–H groups in total. The van der Waals surface area contributed by atoms with Crippen LogP contribution in [-0.4, -0.2) is 35.2 Å². The summed E-state index contributed by atoms with van der Waals surface area (Å²) in [7, 11) is 3.54. The van der Waals surface area contributed by atoms with Gasteiger partial charge in [0.1, 0.15) is 11.4 Å². The summed E-state index contributed by atoms with van der Waals surface area (Å²) in [6, 6.07) is 10.4. The lowest BCUT2D eigenvalue weighted by Gasteiger charge is -2.18. The van der Waals surface area contributed by atoms with Gasteiger partial charge in [-0.2, -0.15) is 0 Å². The molecule has 0 aliphatic heterocycles. The Bertz CT molecular complexity index is 689. The number of carbonyl (C=O) groups is 2. The van der Waals surface area contributed by atoms with Gasteiger partial charge in [0, 0.05) is 25.5 Å². The summed E-state index contributed by atoms with van der Waals surface area (Å²) in [6.07, 6.45) is 0. The van der Waals surface area contributed by atoms with E-state index >= 15 is 0 Å². The van der Waals surface area contributed by atoms with Crippen LogP contribution >= 0.6 is 0 Å². The van der Waals surface area contributed by atoms with Crippen molar-refractivity contribution < 1.29 is 19.4 Å². The molecule has 22 heavy (non-hydrogen) atoms. The van der Waals surface area contributed by atoms with Crippen LogP contribution in [0.5, 0.6) is 5.75 Å². The quantitative estimate of drug-likeness (QED) is 0.918. The first kappa shape index (κ1) is 15.6. The first-order valence-electron chi connectivity index (χ1n) is 6.75. The second-order valence-corrected chi connectivity index (χ2v) is 4.96. The summed E-state index contributed by atoms with van der Waals surface area (Å²) in [5, 5.41) is 8.56. The Hall–Kier alpha value is -2.76. The maximum atomic E-state index is 12.5. The highest BCUT2D eigenvalue weighted by Crippen LogP contribution is 2.20. The zero-order valence-corrected chi connectivity index (χ0v) is 12.7. The van der Waals surface area contributed by atoms with Gasteiger partial charge in [-0.05, 0) is 43.3 Å². The van der Waals surface area contributed by atoms with Crippen LogP contribution in [0.2, 0.25) is 0 Å². The van der Waals surface area contributed by atoms with Crippen molar-refractivity contribution in [3.8, 4) is 5.75 Å². The maximum Gasteiger partial charge on any atom is 0.341 e. The number of carboxylic acid groups (broad SMARTS) is 1. The molecular weight excluding hydrogens is 284 g/mol. The molecule has 0 saturated carbocycles. The minimum Gasteiger partial charge on any atom is -0.482 e. The molecule has 0 unspecified atom stereocenters. The maximum absolute atomic E-state index is 12.5. The van der Waals surface area contributed by atoms with Crippen molar-refractivity contribution in [2.45, 2.75) is 6.92 Å². The van der Waals surface area contributed by atoms with E-state index in [-0.39, 0.29) is 5.91 Å². The third kappa shape index (κ3) is 3.28. The van der Waals surface area contributed by atoms with Crippen LogP contribution in [0.25, 0.3) is 0 Å². The molecule has 1 heterocycles. The summed E-state index contributed by atoms with van der Waals surface area (Å²) >= 11 is 0. The van der Waals surface area contributed by atoms with Crippen LogP contribution in [0, 0.1) is 6.92 Å². The minimum absolute atomic E-state index is 0.116. The highest BCUT2D eigenvalue weighted by molar-refractivity contribution is 6.04. The molecule has 6 heteroatoms. The van der Waals surface area contributed by atoms with Gasteiger partial charge in [0.25, 0.3) is 5.91 Å². The molecule has 0 atom stereocenters. The van der Waals surface area contributed by atoms with Gasteiger partial charge in [-0.25, -0.2) is 4.79 Å². The summed E-state index contributed by atoms with van der Waals surface area (Å²) in [5.74, 6) is -0.702. The van der Waals surface area contributed by atoms with Crippen LogP contribution < -0.4 is 9.64 Å². The molecule has 0 aliphatic rings. The van der Waals surface area contributed by atoms with Crippen molar-refractivity contribution in [2.24, 2.45) is 7.05 Å². The van der Waals surface area contributed by atoms with E-state index in [2.05, 4.69) is 0 Å². The molecule has 116 valence electrons. The Morgan fingerprint density at radius 1 is 1.18 bits per heavy atom. The van der Waals surface area contributed by atoms with Crippen molar-refractivity contribution in [3.63, 3.8) is 0 Å². The first-order chi connectivity index (χ1) is 10.4. The van der Waals surface area contributed by atoms with Crippen LogP contribution in [0.15, 0.2) is 36.4 Å². The van der Waals surface area contributed by atoms with E-state index in [0.29, 0.717) is 17.1 Å². The van der Waals surface area contributed by atoms with E-state index in [0.717, 1.165) is 5.69 Å². The van der Waals surface area contributed by atoms with Crippen molar-refractivity contribution in [1.82, 2.24) is 4.57 Å². The lowest BCUT2D eigenvalue weighted by molar-refractivity contribution is -0.139. The Kier molecular flexibility index (Phi) is 4.50. The Morgan fingerprint density at radius 3 is 2.32 bits per heavy atom. The topological polar surface area (TPSA) is 71.8 Å². The Labute approximate surface area is 128 Å². The Balaban J connectivity index is 2.12. The number of aliphatic carboxylic acids is 1. The highest BCUT2D eigenvalue weighted by atomic mass is 16.5. The van der Waals surface area contributed by atoms with Gasteiger partial charge in [0.2, 0.25) is 0 Å². The van der Waals surface area contributed by atoms with Crippen molar-refractivity contribution in [3.05, 3.63) is 47.8 Å². The predicted octanol–water partition coefficient (Wildman–Crippen LogP) is 2.07. The zero-order chi connectivity index (χ0) is 16.3. The highest BCUT2D eigenvalue weighted by Gasteiger charge is 2.17. The fourth-order valence-corrected chi connectivity index (χ4v) is 2.03. The lowest BCUT2D eigenvalue weighted by Crippen LogP contribution is -2.28. The van der Waals surface area contributed by atoms with E-state index in [1.807, 2.05) is 24.6 Å². The van der Waals surface area contributed by atoms with E-state index in [1.54, 1.807) is 37.4 Å². The molecule has 0 saturated heterocycles. The second kappa shape index (κ2) is 6.34. The number of aryl methyl sites for hydroxylation is 1. The van der Waals surface area contributed by atoms with Crippen LogP contribution in [-0.2, 0) is 11.8 Å². The molecule has 0 bridgehead atoms. The standard InChI is InChI=1S/C16H18N2O4/c1-11-4-9-14(17(11)2)16(21)18(3)12-5-7-13(8-6-12)22-10-15(19)20/h4-9H,10H2,1-3H3,(H,19,20). The van der Waals surface area contributed by atoms with Crippen LogP contribution in [0.4, 0.5) is 5.69 Å². The summed E-state index contributed by atoms with van der Waals surface area (Å²) in [6.45, 7) is 1.54. The summed E-state index contributed by atoms with van der Waals surface area (Å²) in [5.41, 5.74) is 2.31. The number of nitrogens with zero attached hydrogens (tertiary/aromatic N) is 2. The minimum atomic E-state index is -1.03. The molecule has 0 radical (unpaired) electrons. The number of anilines is 1. The van der Waals surface area contributed by atoms with Gasteiger partial charge < -0.3 is 19.3 Å². The van der Waals surface area contributed by atoms with Crippen molar-refractivity contribution >= 4 is 17.6 Å². The van der Waals surface area contributed by atoms with Gasteiger partial charge >= 0.3 is 5.97 Å². The average molecular weight is 302 g/mol. The van der Waals surface area contributed by atoms with E-state index < -0.39 is 12.6 Å². The lowest BCUT2D eigenvalue weighted by atomic mass is 10.2. The zero-order valence-electron chi connectivity index (χ0n) is 12.7. The fraction of sp³-hybridized carbons (Fsp3) is 0.250.